The first kappa shape index (κ1) is 16.4. The van der Waals surface area contributed by atoms with E-state index >= 15 is 0 Å². The van der Waals surface area contributed by atoms with Crippen molar-refractivity contribution in [3.05, 3.63) is 18.2 Å². The van der Waals surface area contributed by atoms with E-state index in [1.165, 1.54) is 12.8 Å². The van der Waals surface area contributed by atoms with Crippen molar-refractivity contribution in [2.24, 2.45) is 0 Å². The Morgan fingerprint density at radius 1 is 1.52 bits per heavy atom. The van der Waals surface area contributed by atoms with E-state index in [1.54, 1.807) is 0 Å². The predicted molar refractivity (Wildman–Crippen MR) is 88.6 cm³/mol. The van der Waals surface area contributed by atoms with Crippen molar-refractivity contribution in [3.63, 3.8) is 0 Å². The van der Waals surface area contributed by atoms with Crippen LogP contribution in [-0.2, 0) is 11.3 Å². The lowest BCUT2D eigenvalue weighted by Gasteiger charge is -2.29. The van der Waals surface area contributed by atoms with Gasteiger partial charge in [-0.1, -0.05) is 20.3 Å². The number of carbonyl (C=O) groups excluding carboxylic acids is 1. The van der Waals surface area contributed by atoms with E-state index in [1.807, 2.05) is 36.1 Å². The molecule has 0 bridgehead atoms. The van der Waals surface area contributed by atoms with Crippen molar-refractivity contribution < 1.29 is 4.79 Å². The van der Waals surface area contributed by atoms with Crippen molar-refractivity contribution >= 4 is 17.7 Å². The van der Waals surface area contributed by atoms with Crippen LogP contribution in [0.3, 0.4) is 0 Å². The molecule has 2 atom stereocenters. The molecule has 0 radical (unpaired) electrons. The highest BCUT2D eigenvalue weighted by atomic mass is 32.2. The van der Waals surface area contributed by atoms with Crippen LogP contribution in [-0.4, -0.2) is 45.0 Å². The Kier molecular flexibility index (Phi) is 5.73. The zero-order valence-electron chi connectivity index (χ0n) is 13.6. The molecular weight excluding hydrogens is 282 g/mol. The van der Waals surface area contributed by atoms with Gasteiger partial charge in [0.1, 0.15) is 5.82 Å². The molecule has 1 aromatic heterocycles. The second kappa shape index (κ2) is 7.34. The summed E-state index contributed by atoms with van der Waals surface area (Å²) in [6.07, 6.45) is 10.1. The molecule has 0 aliphatic heterocycles. The second-order valence-corrected chi connectivity index (χ2v) is 7.24. The summed E-state index contributed by atoms with van der Waals surface area (Å²) in [5, 5.41) is 0.610. The van der Waals surface area contributed by atoms with Crippen molar-refractivity contribution in [2.45, 2.75) is 63.3 Å². The van der Waals surface area contributed by atoms with E-state index in [-0.39, 0.29) is 5.91 Å². The molecule has 1 saturated carbocycles. The van der Waals surface area contributed by atoms with Crippen LogP contribution < -0.4 is 0 Å². The second-order valence-electron chi connectivity index (χ2n) is 6.16. The van der Waals surface area contributed by atoms with Gasteiger partial charge in [0.25, 0.3) is 0 Å². The summed E-state index contributed by atoms with van der Waals surface area (Å²) in [5.74, 6) is 1.71. The maximum Gasteiger partial charge on any atom is 0.224 e. The first-order valence-corrected chi connectivity index (χ1v) is 9.12. The van der Waals surface area contributed by atoms with Crippen molar-refractivity contribution in [1.82, 2.24) is 14.5 Å². The maximum absolute atomic E-state index is 12.5. The van der Waals surface area contributed by atoms with E-state index in [9.17, 15) is 4.79 Å². The van der Waals surface area contributed by atoms with Gasteiger partial charge in [-0.25, -0.2) is 4.98 Å². The van der Waals surface area contributed by atoms with Gasteiger partial charge in [0, 0.05) is 49.6 Å². The molecule has 2 rings (SSSR count). The van der Waals surface area contributed by atoms with Crippen molar-refractivity contribution in [3.8, 4) is 0 Å². The smallest absolute Gasteiger partial charge is 0.224 e. The van der Waals surface area contributed by atoms with E-state index < -0.39 is 0 Å². The molecule has 21 heavy (non-hydrogen) atoms. The van der Waals surface area contributed by atoms with Crippen LogP contribution in [0.2, 0.25) is 0 Å². The SMILES string of the molecule is CS[C@H]1CCC[C@H]1N(C)C(=O)CCn1ccnc1C(C)C. The fourth-order valence-electron chi connectivity index (χ4n) is 3.21. The number of hydrogen-bond donors (Lipinski definition) is 0. The summed E-state index contributed by atoms with van der Waals surface area (Å²) in [4.78, 5) is 18.8. The minimum atomic E-state index is 0.254. The number of aryl methyl sites for hydroxylation is 1. The van der Waals surface area contributed by atoms with Crippen LogP contribution in [0.5, 0.6) is 0 Å². The lowest BCUT2D eigenvalue weighted by atomic mass is 10.2. The number of rotatable bonds is 6. The third-order valence-electron chi connectivity index (χ3n) is 4.44. The van der Waals surface area contributed by atoms with E-state index in [0.717, 1.165) is 18.8 Å². The summed E-state index contributed by atoms with van der Waals surface area (Å²) in [5.41, 5.74) is 0. The molecule has 1 fully saturated rings. The largest absolute Gasteiger partial charge is 0.342 e. The Hall–Kier alpha value is -0.970. The van der Waals surface area contributed by atoms with Gasteiger partial charge in [-0.15, -0.1) is 0 Å². The van der Waals surface area contributed by atoms with Crippen LogP contribution in [0.4, 0.5) is 0 Å². The molecule has 1 aliphatic carbocycles. The quantitative estimate of drug-likeness (QED) is 0.810. The fraction of sp³-hybridized carbons (Fsp3) is 0.750. The first-order valence-electron chi connectivity index (χ1n) is 7.84. The third-order valence-corrected chi connectivity index (χ3v) is 5.60. The zero-order chi connectivity index (χ0) is 15.4. The standard InChI is InChI=1S/C16H27N3OS/c1-12(2)16-17-9-11-19(16)10-8-15(20)18(3)13-6-5-7-14(13)21-4/h9,11-14H,5-8,10H2,1-4H3/t13-,14+/m1/s1. The Bertz CT molecular complexity index is 472. The molecule has 5 heteroatoms. The molecule has 0 saturated heterocycles. The maximum atomic E-state index is 12.5. The van der Waals surface area contributed by atoms with Crippen molar-refractivity contribution in [1.29, 1.82) is 0 Å². The van der Waals surface area contributed by atoms with Gasteiger partial charge >= 0.3 is 0 Å². The highest BCUT2D eigenvalue weighted by Crippen LogP contribution is 2.31. The predicted octanol–water partition coefficient (Wildman–Crippen LogP) is 3.14. The highest BCUT2D eigenvalue weighted by molar-refractivity contribution is 7.99. The summed E-state index contributed by atoms with van der Waals surface area (Å²) < 4.78 is 2.11. The normalized spacial score (nSPS) is 22.0. The average molecular weight is 309 g/mol. The van der Waals surface area contributed by atoms with Crippen LogP contribution in [0.25, 0.3) is 0 Å². The molecule has 1 amide bonds. The molecule has 0 spiro atoms. The molecule has 0 unspecified atom stereocenters. The van der Waals surface area contributed by atoms with Gasteiger partial charge in [0.05, 0.1) is 0 Å². The van der Waals surface area contributed by atoms with Crippen LogP contribution in [0, 0.1) is 0 Å². The van der Waals surface area contributed by atoms with Crippen LogP contribution >= 0.6 is 11.8 Å². The zero-order valence-corrected chi connectivity index (χ0v) is 14.4. The van der Waals surface area contributed by atoms with Gasteiger partial charge in [-0.3, -0.25) is 4.79 Å². The summed E-state index contributed by atoms with van der Waals surface area (Å²) >= 11 is 1.90. The number of aromatic nitrogens is 2. The van der Waals surface area contributed by atoms with Gasteiger partial charge < -0.3 is 9.47 Å². The lowest BCUT2D eigenvalue weighted by molar-refractivity contribution is -0.132. The lowest BCUT2D eigenvalue weighted by Crippen LogP contribution is -2.40. The average Bonchev–Trinajstić information content (AvgIpc) is 3.11. The van der Waals surface area contributed by atoms with Gasteiger partial charge in [0.2, 0.25) is 5.91 Å². The minimum absolute atomic E-state index is 0.254. The minimum Gasteiger partial charge on any atom is -0.342 e. The van der Waals surface area contributed by atoms with Gasteiger partial charge in [-0.2, -0.15) is 11.8 Å². The number of nitrogens with zero attached hydrogens (tertiary/aromatic N) is 3. The highest BCUT2D eigenvalue weighted by Gasteiger charge is 2.31. The summed E-state index contributed by atoms with van der Waals surface area (Å²) in [6.45, 7) is 5.00. The summed E-state index contributed by atoms with van der Waals surface area (Å²) in [6, 6.07) is 0.417. The molecule has 1 heterocycles. The monoisotopic (exact) mass is 309 g/mol. The topological polar surface area (TPSA) is 38.1 Å². The number of imidazole rings is 1. The Morgan fingerprint density at radius 3 is 2.95 bits per heavy atom. The number of hydrogen-bond acceptors (Lipinski definition) is 3. The molecule has 0 N–H and O–H groups in total. The molecule has 4 nitrogen and oxygen atoms in total. The van der Waals surface area contributed by atoms with Gasteiger partial charge in [-0.05, 0) is 19.1 Å². The number of carbonyl (C=O) groups is 1. The van der Waals surface area contributed by atoms with Crippen LogP contribution in [0.1, 0.15) is 51.3 Å². The summed E-state index contributed by atoms with van der Waals surface area (Å²) in [7, 11) is 1.97. The van der Waals surface area contributed by atoms with Crippen LogP contribution in [0.15, 0.2) is 12.4 Å². The molecule has 0 aromatic carbocycles. The number of thioether (sulfide) groups is 1. The van der Waals surface area contributed by atoms with E-state index in [0.29, 0.717) is 23.6 Å². The molecule has 1 aliphatic rings. The van der Waals surface area contributed by atoms with E-state index in [4.69, 9.17) is 0 Å². The first-order chi connectivity index (χ1) is 10.0. The Balaban J connectivity index is 1.90. The molecule has 118 valence electrons. The molecule has 1 aromatic rings. The Morgan fingerprint density at radius 2 is 2.29 bits per heavy atom. The van der Waals surface area contributed by atoms with Crippen molar-refractivity contribution in [2.75, 3.05) is 13.3 Å². The fourth-order valence-corrected chi connectivity index (χ4v) is 4.25. The molecular formula is C16H27N3OS. The third kappa shape index (κ3) is 3.82. The van der Waals surface area contributed by atoms with Gasteiger partial charge in [0.15, 0.2) is 0 Å². The Labute approximate surface area is 132 Å². The number of amides is 1. The van der Waals surface area contributed by atoms with E-state index in [2.05, 4.69) is 29.7 Å².